The molecule has 1 aliphatic heterocycles. The number of piperazine rings is 1. The molecule has 0 spiro atoms. The van der Waals surface area contributed by atoms with Gasteiger partial charge in [0, 0.05) is 32.2 Å². The highest BCUT2D eigenvalue weighted by Gasteiger charge is 2.33. The molecule has 1 aromatic rings. The first kappa shape index (κ1) is 22.6. The molecular weight excluding hydrogens is 372 g/mol. The lowest BCUT2D eigenvalue weighted by atomic mass is 9.80. The van der Waals surface area contributed by atoms with E-state index in [1.165, 1.54) is 44.2 Å². The summed E-state index contributed by atoms with van der Waals surface area (Å²) in [6.45, 7) is 3.87. The maximum Gasteiger partial charge on any atom is 0.416 e. The van der Waals surface area contributed by atoms with Crippen molar-refractivity contribution in [2.75, 3.05) is 26.2 Å². The monoisotopic (exact) mass is 398 g/mol. The lowest BCUT2D eigenvalue weighted by Crippen LogP contribution is -2.47. The summed E-state index contributed by atoms with van der Waals surface area (Å²) in [7, 11) is 0. The predicted octanol–water partition coefficient (Wildman–Crippen LogP) is 5.08. The van der Waals surface area contributed by atoms with Crippen LogP contribution in [-0.2, 0) is 6.18 Å². The minimum Gasteiger partial charge on any atom is -0.314 e. The molecule has 1 saturated heterocycles. The van der Waals surface area contributed by atoms with Gasteiger partial charge in [0.15, 0.2) is 0 Å². The molecule has 3 rings (SSSR count). The molecule has 0 unspecified atom stereocenters. The van der Waals surface area contributed by atoms with Crippen LogP contribution in [0.1, 0.15) is 49.3 Å². The normalized spacial score (nSPS) is 21.1. The fraction of sp³-hybridized carbons (Fsp3) is 0.667. The van der Waals surface area contributed by atoms with Crippen molar-refractivity contribution in [1.82, 2.24) is 10.2 Å². The van der Waals surface area contributed by atoms with Gasteiger partial charge < -0.3 is 5.32 Å². The lowest BCUT2D eigenvalue weighted by Gasteiger charge is -2.41. The van der Waals surface area contributed by atoms with Crippen LogP contribution in [-0.4, -0.2) is 31.1 Å². The number of rotatable bonds is 3. The summed E-state index contributed by atoms with van der Waals surface area (Å²) >= 11 is 0. The van der Waals surface area contributed by atoms with Gasteiger partial charge in [-0.05, 0) is 36.5 Å². The molecule has 25 heavy (non-hydrogen) atoms. The number of hydrogen-bond donors (Lipinski definition) is 1. The van der Waals surface area contributed by atoms with E-state index in [1.54, 1.807) is 12.1 Å². The van der Waals surface area contributed by atoms with Gasteiger partial charge in [-0.25, -0.2) is 0 Å². The van der Waals surface area contributed by atoms with Crippen LogP contribution in [0.3, 0.4) is 0 Å². The molecule has 7 heteroatoms. The number of halogens is 5. The van der Waals surface area contributed by atoms with Crippen LogP contribution in [0.2, 0.25) is 0 Å². The third-order valence-corrected chi connectivity index (χ3v) is 5.22. The molecule has 1 aliphatic carbocycles. The van der Waals surface area contributed by atoms with Gasteiger partial charge in [0.2, 0.25) is 0 Å². The fourth-order valence-electron chi connectivity index (χ4n) is 4.06. The van der Waals surface area contributed by atoms with E-state index >= 15 is 0 Å². The molecule has 2 fully saturated rings. The van der Waals surface area contributed by atoms with Crippen molar-refractivity contribution < 1.29 is 13.2 Å². The molecule has 1 aromatic carbocycles. The summed E-state index contributed by atoms with van der Waals surface area (Å²) in [6, 6.07) is 6.15. The Morgan fingerprint density at radius 3 is 2.00 bits per heavy atom. The number of hydrogen-bond acceptors (Lipinski definition) is 2. The summed E-state index contributed by atoms with van der Waals surface area (Å²) in [5.41, 5.74) is 0.496. The van der Waals surface area contributed by atoms with Crippen LogP contribution in [0, 0.1) is 5.92 Å². The average molecular weight is 399 g/mol. The number of benzene rings is 1. The molecule has 0 bridgehead atoms. The molecule has 0 radical (unpaired) electrons. The molecule has 144 valence electrons. The zero-order valence-electron chi connectivity index (χ0n) is 14.2. The van der Waals surface area contributed by atoms with Gasteiger partial charge in [-0.3, -0.25) is 4.90 Å². The Hall–Kier alpha value is -0.490. The van der Waals surface area contributed by atoms with E-state index in [2.05, 4.69) is 10.2 Å². The van der Waals surface area contributed by atoms with E-state index in [-0.39, 0.29) is 30.9 Å². The van der Waals surface area contributed by atoms with Crippen molar-refractivity contribution in [2.24, 2.45) is 5.92 Å². The SMILES string of the molecule is Cl.Cl.FC(F)(F)c1ccc([C@H](C2CCCCC2)N2CCNCC2)cc1. The molecule has 1 heterocycles. The van der Waals surface area contributed by atoms with E-state index in [0.717, 1.165) is 31.7 Å². The first-order valence-electron chi connectivity index (χ1n) is 8.67. The molecule has 0 aromatic heterocycles. The van der Waals surface area contributed by atoms with Gasteiger partial charge in [-0.15, -0.1) is 24.8 Å². The quantitative estimate of drug-likeness (QED) is 0.763. The largest absolute Gasteiger partial charge is 0.416 e. The fourth-order valence-corrected chi connectivity index (χ4v) is 4.06. The van der Waals surface area contributed by atoms with Gasteiger partial charge >= 0.3 is 6.18 Å². The molecule has 0 amide bonds. The van der Waals surface area contributed by atoms with Gasteiger partial charge in [0.1, 0.15) is 0 Å². The van der Waals surface area contributed by atoms with Crippen LogP contribution in [0.4, 0.5) is 13.2 Å². The summed E-state index contributed by atoms with van der Waals surface area (Å²) in [5.74, 6) is 0.568. The topological polar surface area (TPSA) is 15.3 Å². The maximum atomic E-state index is 12.8. The Labute approximate surface area is 160 Å². The molecule has 1 atom stereocenters. The Kier molecular flexibility index (Phi) is 9.02. The Morgan fingerprint density at radius 1 is 0.920 bits per heavy atom. The van der Waals surface area contributed by atoms with Crippen molar-refractivity contribution >= 4 is 24.8 Å². The van der Waals surface area contributed by atoms with Gasteiger partial charge in [0.25, 0.3) is 0 Å². The van der Waals surface area contributed by atoms with Crippen LogP contribution in [0.5, 0.6) is 0 Å². The lowest BCUT2D eigenvalue weighted by molar-refractivity contribution is -0.137. The number of nitrogens with one attached hydrogen (secondary N) is 1. The summed E-state index contributed by atoms with van der Waals surface area (Å²) in [6.07, 6.45) is 1.90. The highest BCUT2D eigenvalue weighted by Crippen LogP contribution is 2.39. The van der Waals surface area contributed by atoms with E-state index in [4.69, 9.17) is 0 Å². The van der Waals surface area contributed by atoms with E-state index in [0.29, 0.717) is 5.92 Å². The van der Waals surface area contributed by atoms with Gasteiger partial charge in [-0.2, -0.15) is 13.2 Å². The average Bonchev–Trinajstić information content (AvgIpc) is 2.57. The van der Waals surface area contributed by atoms with E-state index in [1.807, 2.05) is 0 Å². The highest BCUT2D eigenvalue weighted by molar-refractivity contribution is 5.85. The van der Waals surface area contributed by atoms with Crippen molar-refractivity contribution in [3.05, 3.63) is 35.4 Å². The van der Waals surface area contributed by atoms with Crippen molar-refractivity contribution in [3.63, 3.8) is 0 Å². The van der Waals surface area contributed by atoms with Crippen LogP contribution in [0.15, 0.2) is 24.3 Å². The minimum absolute atomic E-state index is 0. The standard InChI is InChI=1S/C18H25F3N2.2ClH/c19-18(20,21)16-8-6-15(7-9-16)17(14-4-2-1-3-5-14)23-12-10-22-11-13-23;;/h6-9,14,17,22H,1-5,10-13H2;2*1H/t17-;;/m0../s1. The molecular formula is C18H27Cl2F3N2. The Bertz CT molecular complexity index is 478. The van der Waals surface area contributed by atoms with Gasteiger partial charge in [-0.1, -0.05) is 31.4 Å². The van der Waals surface area contributed by atoms with Crippen molar-refractivity contribution in [3.8, 4) is 0 Å². The number of alkyl halides is 3. The van der Waals surface area contributed by atoms with Crippen molar-refractivity contribution in [1.29, 1.82) is 0 Å². The van der Waals surface area contributed by atoms with Crippen LogP contribution >= 0.6 is 24.8 Å². The van der Waals surface area contributed by atoms with Crippen molar-refractivity contribution in [2.45, 2.75) is 44.3 Å². The van der Waals surface area contributed by atoms with E-state index < -0.39 is 11.7 Å². The third-order valence-electron chi connectivity index (χ3n) is 5.22. The smallest absolute Gasteiger partial charge is 0.314 e. The molecule has 2 nitrogen and oxygen atoms in total. The third kappa shape index (κ3) is 5.75. The molecule has 1 N–H and O–H groups in total. The maximum absolute atomic E-state index is 12.8. The Balaban J connectivity index is 0.00000156. The first-order chi connectivity index (χ1) is 11.1. The van der Waals surface area contributed by atoms with E-state index in [9.17, 15) is 13.2 Å². The molecule has 2 aliphatic rings. The number of nitrogens with zero attached hydrogens (tertiary/aromatic N) is 1. The highest BCUT2D eigenvalue weighted by atomic mass is 35.5. The summed E-state index contributed by atoms with van der Waals surface area (Å²) < 4.78 is 38.4. The van der Waals surface area contributed by atoms with Gasteiger partial charge in [0.05, 0.1) is 5.56 Å². The second kappa shape index (κ2) is 10.0. The zero-order chi connectivity index (χ0) is 16.3. The summed E-state index contributed by atoms with van der Waals surface area (Å²) in [4.78, 5) is 2.47. The van der Waals surface area contributed by atoms with Crippen LogP contribution < -0.4 is 5.32 Å². The minimum atomic E-state index is -4.26. The first-order valence-corrected chi connectivity index (χ1v) is 8.67. The Morgan fingerprint density at radius 2 is 1.48 bits per heavy atom. The van der Waals surface area contributed by atoms with Crippen LogP contribution in [0.25, 0.3) is 0 Å². The summed E-state index contributed by atoms with van der Waals surface area (Å²) in [5, 5.41) is 3.36. The zero-order valence-corrected chi connectivity index (χ0v) is 15.9. The predicted molar refractivity (Wildman–Crippen MR) is 99.7 cm³/mol. The second-order valence-electron chi connectivity index (χ2n) is 6.75. The molecule has 1 saturated carbocycles. The second-order valence-corrected chi connectivity index (χ2v) is 6.75.